The third-order valence-electron chi connectivity index (χ3n) is 2.60. The highest BCUT2D eigenvalue weighted by molar-refractivity contribution is 5.86. The quantitative estimate of drug-likeness (QED) is 0.697. The van der Waals surface area contributed by atoms with Crippen molar-refractivity contribution in [3.63, 3.8) is 0 Å². The number of rotatable bonds is 3. The summed E-state index contributed by atoms with van der Waals surface area (Å²) >= 11 is 0. The molecule has 1 N–H and O–H groups in total. The first-order valence-electron chi connectivity index (χ1n) is 4.42. The van der Waals surface area contributed by atoms with Gasteiger partial charge in [0.1, 0.15) is 5.78 Å². The monoisotopic (exact) mass is 170 g/mol. The van der Waals surface area contributed by atoms with Crippen LogP contribution in [0.25, 0.3) is 0 Å². The minimum atomic E-state index is -0.806. The van der Waals surface area contributed by atoms with Gasteiger partial charge in [-0.25, -0.2) is 0 Å². The van der Waals surface area contributed by atoms with Crippen LogP contribution in [0.3, 0.4) is 0 Å². The van der Waals surface area contributed by atoms with Crippen molar-refractivity contribution in [2.45, 2.75) is 32.6 Å². The molecule has 2 atom stereocenters. The predicted octanol–water partition coefficient (Wildman–Crippen LogP) is 1.47. The highest BCUT2D eigenvalue weighted by Gasteiger charge is 2.36. The fourth-order valence-corrected chi connectivity index (χ4v) is 1.90. The van der Waals surface area contributed by atoms with E-state index in [4.69, 9.17) is 5.11 Å². The second-order valence-electron chi connectivity index (χ2n) is 3.30. The molecule has 0 bridgehead atoms. The Morgan fingerprint density at radius 3 is 2.42 bits per heavy atom. The third kappa shape index (κ3) is 1.65. The van der Waals surface area contributed by atoms with E-state index in [1.807, 2.05) is 0 Å². The number of ketones is 1. The molecule has 1 saturated carbocycles. The van der Waals surface area contributed by atoms with Crippen LogP contribution in [-0.2, 0) is 9.59 Å². The van der Waals surface area contributed by atoms with Gasteiger partial charge in [0.25, 0.3) is 0 Å². The van der Waals surface area contributed by atoms with E-state index >= 15 is 0 Å². The Balaban J connectivity index is 2.63. The third-order valence-corrected chi connectivity index (χ3v) is 2.60. The number of carboxylic acid groups (broad SMARTS) is 1. The smallest absolute Gasteiger partial charge is 0.307 e. The summed E-state index contributed by atoms with van der Waals surface area (Å²) < 4.78 is 0. The number of carboxylic acids is 1. The van der Waals surface area contributed by atoms with E-state index in [9.17, 15) is 9.59 Å². The molecule has 3 heteroatoms. The van der Waals surface area contributed by atoms with Gasteiger partial charge in [-0.1, -0.05) is 13.3 Å². The number of hydrogen-bond donors (Lipinski definition) is 1. The van der Waals surface area contributed by atoms with Gasteiger partial charge >= 0.3 is 5.97 Å². The van der Waals surface area contributed by atoms with Gasteiger partial charge < -0.3 is 5.11 Å². The fraction of sp³-hybridized carbons (Fsp3) is 0.778. The van der Waals surface area contributed by atoms with Crippen LogP contribution in [0.2, 0.25) is 0 Å². The average molecular weight is 170 g/mol. The maximum Gasteiger partial charge on any atom is 0.307 e. The maximum atomic E-state index is 11.3. The van der Waals surface area contributed by atoms with Gasteiger partial charge in [0.2, 0.25) is 0 Å². The van der Waals surface area contributed by atoms with Gasteiger partial charge in [0.05, 0.1) is 5.92 Å². The Morgan fingerprint density at radius 1 is 1.33 bits per heavy atom. The van der Waals surface area contributed by atoms with Crippen LogP contribution in [0.4, 0.5) is 0 Å². The van der Waals surface area contributed by atoms with Crippen molar-refractivity contribution < 1.29 is 14.7 Å². The molecule has 3 nitrogen and oxygen atoms in total. The summed E-state index contributed by atoms with van der Waals surface area (Å²) in [5.74, 6) is -1.30. The lowest BCUT2D eigenvalue weighted by Gasteiger charge is -2.12. The summed E-state index contributed by atoms with van der Waals surface area (Å²) in [7, 11) is 0. The van der Waals surface area contributed by atoms with E-state index in [0.717, 1.165) is 12.8 Å². The van der Waals surface area contributed by atoms with Gasteiger partial charge in [0, 0.05) is 12.3 Å². The first-order chi connectivity index (χ1) is 5.66. The molecule has 0 amide bonds. The van der Waals surface area contributed by atoms with Crippen molar-refractivity contribution in [3.8, 4) is 0 Å². The zero-order valence-corrected chi connectivity index (χ0v) is 7.25. The zero-order valence-electron chi connectivity index (χ0n) is 7.25. The van der Waals surface area contributed by atoms with E-state index in [2.05, 4.69) is 0 Å². The van der Waals surface area contributed by atoms with Crippen LogP contribution in [-0.4, -0.2) is 16.9 Å². The Labute approximate surface area is 71.8 Å². The van der Waals surface area contributed by atoms with Crippen molar-refractivity contribution in [2.24, 2.45) is 11.8 Å². The van der Waals surface area contributed by atoms with Crippen molar-refractivity contribution >= 4 is 11.8 Å². The van der Waals surface area contributed by atoms with Crippen molar-refractivity contribution in [2.75, 3.05) is 0 Å². The topological polar surface area (TPSA) is 54.4 Å². The molecular weight excluding hydrogens is 156 g/mol. The highest BCUT2D eigenvalue weighted by Crippen LogP contribution is 2.33. The molecule has 1 fully saturated rings. The summed E-state index contributed by atoms with van der Waals surface area (Å²) in [5, 5.41) is 8.78. The Kier molecular flexibility index (Phi) is 2.84. The molecule has 68 valence electrons. The van der Waals surface area contributed by atoms with E-state index in [1.54, 1.807) is 6.92 Å². The largest absolute Gasteiger partial charge is 0.481 e. The van der Waals surface area contributed by atoms with Crippen LogP contribution in [0.5, 0.6) is 0 Å². The van der Waals surface area contributed by atoms with Crippen molar-refractivity contribution in [3.05, 3.63) is 0 Å². The molecular formula is C9H14O3. The molecule has 0 aromatic heterocycles. The lowest BCUT2D eigenvalue weighted by atomic mass is 9.91. The average Bonchev–Trinajstić information content (AvgIpc) is 2.50. The lowest BCUT2D eigenvalue weighted by Crippen LogP contribution is -2.24. The van der Waals surface area contributed by atoms with Crippen LogP contribution < -0.4 is 0 Å². The van der Waals surface area contributed by atoms with Gasteiger partial charge in [-0.3, -0.25) is 9.59 Å². The summed E-state index contributed by atoms with van der Waals surface area (Å²) in [5.41, 5.74) is 0. The fourth-order valence-electron chi connectivity index (χ4n) is 1.90. The van der Waals surface area contributed by atoms with Gasteiger partial charge in [-0.2, -0.15) is 0 Å². The summed E-state index contributed by atoms with van der Waals surface area (Å²) in [4.78, 5) is 21.9. The molecule has 0 heterocycles. The Hall–Kier alpha value is -0.860. The van der Waals surface area contributed by atoms with E-state index in [-0.39, 0.29) is 11.7 Å². The molecule has 0 aromatic carbocycles. The standard InChI is InChI=1S/C9H14O3/c1-2-8(10)6-4-3-5-7(6)9(11)12/h6-7H,2-5H2,1H3,(H,11,12)/t6-,7-/m0/s1. The van der Waals surface area contributed by atoms with E-state index < -0.39 is 11.9 Å². The Bertz CT molecular complexity index is 198. The molecule has 1 rings (SSSR count). The van der Waals surface area contributed by atoms with Gasteiger partial charge in [-0.05, 0) is 12.8 Å². The number of Topliss-reactive ketones (excluding diaryl/α,β-unsaturated/α-hetero) is 1. The second kappa shape index (κ2) is 3.70. The molecule has 0 saturated heterocycles. The highest BCUT2D eigenvalue weighted by atomic mass is 16.4. The summed E-state index contributed by atoms with van der Waals surface area (Å²) in [6, 6.07) is 0. The number of carbonyl (C=O) groups is 2. The zero-order chi connectivity index (χ0) is 9.14. The molecule has 12 heavy (non-hydrogen) atoms. The number of aliphatic carboxylic acids is 1. The molecule has 1 aliphatic rings. The van der Waals surface area contributed by atoms with Crippen LogP contribution in [0, 0.1) is 11.8 Å². The van der Waals surface area contributed by atoms with Crippen LogP contribution in [0.1, 0.15) is 32.6 Å². The SMILES string of the molecule is CCC(=O)[C@H]1CCC[C@@H]1C(=O)O. The summed E-state index contributed by atoms with van der Waals surface area (Å²) in [6.45, 7) is 1.79. The van der Waals surface area contributed by atoms with Gasteiger partial charge in [0.15, 0.2) is 0 Å². The second-order valence-corrected chi connectivity index (χ2v) is 3.30. The molecule has 0 radical (unpaired) electrons. The first kappa shape index (κ1) is 9.23. The minimum absolute atomic E-state index is 0.111. The van der Waals surface area contributed by atoms with Crippen molar-refractivity contribution in [1.82, 2.24) is 0 Å². The summed E-state index contributed by atoms with van der Waals surface area (Å²) in [6.07, 6.45) is 2.79. The predicted molar refractivity (Wildman–Crippen MR) is 43.8 cm³/mol. The molecule has 1 aliphatic carbocycles. The van der Waals surface area contributed by atoms with Crippen LogP contribution >= 0.6 is 0 Å². The minimum Gasteiger partial charge on any atom is -0.481 e. The van der Waals surface area contributed by atoms with Crippen LogP contribution in [0.15, 0.2) is 0 Å². The van der Waals surface area contributed by atoms with Gasteiger partial charge in [-0.15, -0.1) is 0 Å². The normalized spacial score (nSPS) is 28.8. The molecule has 0 spiro atoms. The molecule has 0 unspecified atom stereocenters. The first-order valence-corrected chi connectivity index (χ1v) is 4.42. The van der Waals surface area contributed by atoms with Crippen molar-refractivity contribution in [1.29, 1.82) is 0 Å². The van der Waals surface area contributed by atoms with E-state index in [1.165, 1.54) is 0 Å². The number of carbonyl (C=O) groups excluding carboxylic acids is 1. The maximum absolute atomic E-state index is 11.3. The molecule has 0 aromatic rings. The van der Waals surface area contributed by atoms with E-state index in [0.29, 0.717) is 12.8 Å². The molecule has 0 aliphatic heterocycles. The lowest BCUT2D eigenvalue weighted by molar-refractivity contribution is -0.145. The Morgan fingerprint density at radius 2 is 1.92 bits per heavy atom. The number of hydrogen-bond acceptors (Lipinski definition) is 2.